The Kier molecular flexibility index (Phi) is 5.64. The second kappa shape index (κ2) is 7.91. The van der Waals surface area contributed by atoms with Crippen molar-refractivity contribution in [2.75, 3.05) is 39.3 Å². The highest BCUT2D eigenvalue weighted by atomic mass is 16.6. The number of esters is 1. The van der Waals surface area contributed by atoms with Gasteiger partial charge in [-0.1, -0.05) is 25.5 Å². The summed E-state index contributed by atoms with van der Waals surface area (Å²) in [4.78, 5) is 27.7. The van der Waals surface area contributed by atoms with Gasteiger partial charge in [0.05, 0.1) is 45.4 Å². The van der Waals surface area contributed by atoms with Crippen molar-refractivity contribution < 1.29 is 29.1 Å². The number of piperazine rings is 1. The van der Waals surface area contributed by atoms with Gasteiger partial charge in [0, 0.05) is 17.8 Å². The van der Waals surface area contributed by atoms with Gasteiger partial charge in [0.1, 0.15) is 12.0 Å². The zero-order valence-corrected chi connectivity index (χ0v) is 17.9. The highest BCUT2D eigenvalue weighted by Crippen LogP contribution is 2.55. The van der Waals surface area contributed by atoms with Crippen molar-refractivity contribution in [2.24, 2.45) is 23.2 Å². The number of aliphatic hydroxyl groups is 1. The lowest BCUT2D eigenvalue weighted by molar-refractivity contribution is -0.906. The largest absolute Gasteiger partial charge is 0.461 e. The van der Waals surface area contributed by atoms with Crippen molar-refractivity contribution in [3.05, 3.63) is 11.6 Å². The quantitative estimate of drug-likeness (QED) is 0.530. The molecule has 4 aliphatic rings. The number of rotatable bonds is 3. The number of carbonyl (C=O) groups excluding carboxylic acids is 2. The van der Waals surface area contributed by atoms with E-state index in [0.29, 0.717) is 32.2 Å². The van der Waals surface area contributed by atoms with Crippen molar-refractivity contribution in [2.45, 2.75) is 52.2 Å². The molecule has 0 aromatic carbocycles. The summed E-state index contributed by atoms with van der Waals surface area (Å²) in [5, 5.41) is 11.4. The van der Waals surface area contributed by atoms with Gasteiger partial charge in [-0.3, -0.25) is 9.69 Å². The summed E-state index contributed by atoms with van der Waals surface area (Å²) in [5.74, 6) is -0.169. The fraction of sp³-hybridized carbons (Fsp3) is 0.818. The van der Waals surface area contributed by atoms with Crippen LogP contribution >= 0.6 is 0 Å². The molecule has 7 nitrogen and oxygen atoms in total. The molecule has 162 valence electrons. The van der Waals surface area contributed by atoms with E-state index in [0.717, 1.165) is 32.4 Å². The standard InChI is InChI=1S/C22H34N2O5/c1-4-28-21(27)24-10-8-23(9-11-24)13-16-18-17(29-20(16)26)12-15-7-5-6-14(2)22(15,3)19(18)25/h7,14,16-19,25H,4-6,8-13H2,1-3H3/p+1/t14-,16-,17-,18+,19+,22-/m0/s1. The number of ether oxygens (including phenoxy) is 2. The van der Waals surface area contributed by atoms with Crippen LogP contribution in [0.1, 0.15) is 40.0 Å². The summed E-state index contributed by atoms with van der Waals surface area (Å²) >= 11 is 0. The first-order chi connectivity index (χ1) is 13.9. The summed E-state index contributed by atoms with van der Waals surface area (Å²) in [5.41, 5.74) is 1.01. The monoisotopic (exact) mass is 407 g/mol. The molecule has 0 aromatic rings. The van der Waals surface area contributed by atoms with Gasteiger partial charge in [-0.25, -0.2) is 4.79 Å². The molecule has 2 heterocycles. The highest BCUT2D eigenvalue weighted by Gasteiger charge is 2.60. The third kappa shape index (κ3) is 3.46. The van der Waals surface area contributed by atoms with Gasteiger partial charge in [0.25, 0.3) is 0 Å². The van der Waals surface area contributed by atoms with E-state index in [1.807, 2.05) is 6.92 Å². The molecular weight excluding hydrogens is 372 g/mol. The van der Waals surface area contributed by atoms with Crippen LogP contribution in [0.4, 0.5) is 4.79 Å². The van der Waals surface area contributed by atoms with E-state index in [2.05, 4.69) is 19.9 Å². The van der Waals surface area contributed by atoms with Gasteiger partial charge in [-0.2, -0.15) is 0 Å². The summed E-state index contributed by atoms with van der Waals surface area (Å²) < 4.78 is 10.9. The lowest BCUT2D eigenvalue weighted by atomic mass is 9.55. The molecular formula is C22H35N2O5+. The van der Waals surface area contributed by atoms with Crippen molar-refractivity contribution in [1.29, 1.82) is 0 Å². The second-order valence-electron chi connectivity index (χ2n) is 9.44. The van der Waals surface area contributed by atoms with Crippen LogP contribution in [0.25, 0.3) is 0 Å². The topological polar surface area (TPSA) is 80.5 Å². The first-order valence-electron chi connectivity index (χ1n) is 11.2. The Labute approximate surface area is 173 Å². The number of amides is 1. The molecule has 3 fully saturated rings. The van der Waals surface area contributed by atoms with E-state index in [1.165, 1.54) is 10.5 Å². The van der Waals surface area contributed by atoms with E-state index >= 15 is 0 Å². The Bertz CT molecular complexity index is 687. The maximum absolute atomic E-state index is 12.8. The van der Waals surface area contributed by atoms with Gasteiger partial charge in [-0.05, 0) is 25.7 Å². The van der Waals surface area contributed by atoms with Crippen molar-refractivity contribution >= 4 is 12.1 Å². The number of hydrogen-bond acceptors (Lipinski definition) is 5. The molecule has 6 atom stereocenters. The minimum absolute atomic E-state index is 0.138. The summed E-state index contributed by atoms with van der Waals surface area (Å²) in [6.07, 6.45) is 4.13. The molecule has 1 saturated carbocycles. The Morgan fingerprint density at radius 1 is 1.41 bits per heavy atom. The Morgan fingerprint density at radius 2 is 2.14 bits per heavy atom. The third-order valence-corrected chi connectivity index (χ3v) is 8.08. The van der Waals surface area contributed by atoms with Crippen LogP contribution < -0.4 is 4.90 Å². The molecule has 7 heteroatoms. The number of fused-ring (bicyclic) bond motifs is 2. The van der Waals surface area contributed by atoms with Gasteiger partial charge in [0.15, 0.2) is 0 Å². The number of nitrogens with one attached hydrogen (secondary N) is 1. The molecule has 0 bridgehead atoms. The summed E-state index contributed by atoms with van der Waals surface area (Å²) in [6, 6.07) is 0. The predicted octanol–water partition coefficient (Wildman–Crippen LogP) is 0.628. The lowest BCUT2D eigenvalue weighted by Gasteiger charge is -2.51. The average Bonchev–Trinajstić information content (AvgIpc) is 3.00. The van der Waals surface area contributed by atoms with Crippen LogP contribution in [-0.2, 0) is 14.3 Å². The van der Waals surface area contributed by atoms with Gasteiger partial charge in [-0.15, -0.1) is 0 Å². The van der Waals surface area contributed by atoms with E-state index in [4.69, 9.17) is 9.47 Å². The number of allylic oxidation sites excluding steroid dienone is 1. The smallest absolute Gasteiger partial charge is 0.410 e. The van der Waals surface area contributed by atoms with Crippen LogP contribution in [-0.4, -0.2) is 73.6 Å². The first kappa shape index (κ1) is 20.7. The predicted molar refractivity (Wildman–Crippen MR) is 106 cm³/mol. The molecule has 2 aliphatic heterocycles. The molecule has 0 aromatic heterocycles. The van der Waals surface area contributed by atoms with E-state index in [9.17, 15) is 14.7 Å². The van der Waals surface area contributed by atoms with Gasteiger partial charge < -0.3 is 19.5 Å². The molecule has 2 saturated heterocycles. The Hall–Kier alpha value is -1.60. The summed E-state index contributed by atoms with van der Waals surface area (Å²) in [7, 11) is 0. The average molecular weight is 408 g/mol. The molecule has 0 radical (unpaired) electrons. The number of aliphatic hydroxyl groups excluding tert-OH is 1. The van der Waals surface area contributed by atoms with E-state index in [-0.39, 0.29) is 35.4 Å². The SMILES string of the molecule is CCOC(=O)N1CC[NH+](C[C@@H]2C(=O)O[C@H]3CC4=CCC[C@H](C)[C@]4(C)[C@H](O)[C@@H]32)CC1. The van der Waals surface area contributed by atoms with E-state index < -0.39 is 6.10 Å². The molecule has 0 unspecified atom stereocenters. The second-order valence-corrected chi connectivity index (χ2v) is 9.44. The molecule has 0 spiro atoms. The zero-order valence-electron chi connectivity index (χ0n) is 17.9. The van der Waals surface area contributed by atoms with Crippen molar-refractivity contribution in [3.63, 3.8) is 0 Å². The molecule has 2 N–H and O–H groups in total. The van der Waals surface area contributed by atoms with Crippen LogP contribution in [0, 0.1) is 23.2 Å². The molecule has 4 rings (SSSR count). The van der Waals surface area contributed by atoms with E-state index in [1.54, 1.807) is 4.90 Å². The fourth-order valence-electron chi connectivity index (χ4n) is 6.03. The van der Waals surface area contributed by atoms with Gasteiger partial charge >= 0.3 is 12.1 Å². The van der Waals surface area contributed by atoms with Crippen molar-refractivity contribution in [3.8, 4) is 0 Å². The zero-order chi connectivity index (χ0) is 20.8. The van der Waals surface area contributed by atoms with Crippen LogP contribution in [0.3, 0.4) is 0 Å². The molecule has 29 heavy (non-hydrogen) atoms. The first-order valence-corrected chi connectivity index (χ1v) is 11.2. The third-order valence-electron chi connectivity index (χ3n) is 8.08. The number of quaternary nitrogens is 1. The minimum atomic E-state index is -0.556. The molecule has 2 aliphatic carbocycles. The number of hydrogen-bond donors (Lipinski definition) is 2. The minimum Gasteiger partial charge on any atom is -0.461 e. The maximum Gasteiger partial charge on any atom is 0.410 e. The number of carbonyl (C=O) groups is 2. The van der Waals surface area contributed by atoms with Crippen LogP contribution in [0.15, 0.2) is 11.6 Å². The van der Waals surface area contributed by atoms with Crippen LogP contribution in [0.2, 0.25) is 0 Å². The van der Waals surface area contributed by atoms with Crippen molar-refractivity contribution in [1.82, 2.24) is 4.90 Å². The van der Waals surface area contributed by atoms with Gasteiger partial charge in [0.2, 0.25) is 0 Å². The Morgan fingerprint density at radius 3 is 2.83 bits per heavy atom. The maximum atomic E-state index is 12.8. The highest BCUT2D eigenvalue weighted by molar-refractivity contribution is 5.76. The lowest BCUT2D eigenvalue weighted by Crippen LogP contribution is -3.15. The number of nitrogens with zero attached hydrogens (tertiary/aromatic N) is 1. The molecule has 1 amide bonds. The Balaban J connectivity index is 1.44. The summed E-state index contributed by atoms with van der Waals surface area (Å²) in [6.45, 7) is 10.1. The fourth-order valence-corrected chi connectivity index (χ4v) is 6.03. The van der Waals surface area contributed by atoms with Crippen LogP contribution in [0.5, 0.6) is 0 Å². The normalized spacial score (nSPS) is 40.0.